The molecule has 0 unspecified atom stereocenters. The molecule has 0 atom stereocenters. The molecule has 0 aliphatic carbocycles. The van der Waals surface area contributed by atoms with E-state index >= 15 is 0 Å². The van der Waals surface area contributed by atoms with E-state index in [1.807, 2.05) is 0 Å². The zero-order chi connectivity index (χ0) is 18.0. The summed E-state index contributed by atoms with van der Waals surface area (Å²) in [6.45, 7) is 10.2. The lowest BCUT2D eigenvalue weighted by Crippen LogP contribution is -2.53. The Morgan fingerprint density at radius 3 is 2.42 bits per heavy atom. The first-order valence-electron chi connectivity index (χ1n) is 8.27. The van der Waals surface area contributed by atoms with Crippen molar-refractivity contribution in [2.24, 2.45) is 0 Å². The average molecular weight is 339 g/mol. The number of benzene rings is 1. The highest BCUT2D eigenvalue weighted by molar-refractivity contribution is 6.60. The van der Waals surface area contributed by atoms with Gasteiger partial charge in [-0.25, -0.2) is 4.39 Å². The minimum Gasteiger partial charge on any atom is -0.423 e. The predicted octanol–water partition coefficient (Wildman–Crippen LogP) is 0.911. The normalized spacial score (nSPS) is 17.1. The van der Waals surface area contributed by atoms with Crippen molar-refractivity contribution in [3.05, 3.63) is 29.6 Å². The third-order valence-electron chi connectivity index (χ3n) is 4.72. The second kappa shape index (κ2) is 7.50. The number of morpholine rings is 1. The first kappa shape index (κ1) is 19.3. The van der Waals surface area contributed by atoms with Crippen LogP contribution in [0, 0.1) is 5.82 Å². The van der Waals surface area contributed by atoms with Crippen molar-refractivity contribution in [2.75, 3.05) is 26.3 Å². The Balaban J connectivity index is 2.05. The molecule has 1 saturated heterocycles. The number of ether oxygens (including phenoxy) is 1. The van der Waals surface area contributed by atoms with Crippen molar-refractivity contribution in [2.45, 2.75) is 45.4 Å². The molecule has 1 heterocycles. The molecule has 1 aliphatic heterocycles. The fourth-order valence-electron chi connectivity index (χ4n) is 2.37. The van der Waals surface area contributed by atoms with Crippen LogP contribution in [0.3, 0.4) is 0 Å². The van der Waals surface area contributed by atoms with Crippen LogP contribution in [0.5, 0.6) is 0 Å². The summed E-state index contributed by atoms with van der Waals surface area (Å²) < 4.78 is 25.2. The molecular weight excluding hydrogens is 312 g/mol. The molecule has 24 heavy (non-hydrogen) atoms. The maximum absolute atomic E-state index is 14.4. The number of hydrogen-bond acceptors (Lipinski definition) is 5. The molecule has 7 heteroatoms. The molecule has 1 aliphatic rings. The number of rotatable bonds is 6. The summed E-state index contributed by atoms with van der Waals surface area (Å²) in [5.41, 5.74) is -1.31. The molecular formula is C17H27BFNO4. The molecule has 0 bridgehead atoms. The molecule has 134 valence electrons. The van der Waals surface area contributed by atoms with Crippen molar-refractivity contribution >= 4 is 12.6 Å². The largest absolute Gasteiger partial charge is 0.494 e. The van der Waals surface area contributed by atoms with Crippen molar-refractivity contribution in [1.82, 2.24) is 4.90 Å². The lowest BCUT2D eigenvalue weighted by molar-refractivity contribution is -0.0983. The molecule has 1 aromatic carbocycles. The van der Waals surface area contributed by atoms with Crippen LogP contribution < -0.4 is 5.46 Å². The van der Waals surface area contributed by atoms with Gasteiger partial charge in [0.15, 0.2) is 0 Å². The van der Waals surface area contributed by atoms with Crippen molar-refractivity contribution in [3.8, 4) is 0 Å². The molecule has 2 rings (SSSR count). The van der Waals surface area contributed by atoms with Crippen LogP contribution >= 0.6 is 0 Å². The molecule has 5 nitrogen and oxygen atoms in total. The quantitative estimate of drug-likeness (QED) is 0.755. The summed E-state index contributed by atoms with van der Waals surface area (Å²) in [4.78, 5) is 2.20. The van der Waals surface area contributed by atoms with Gasteiger partial charge in [0, 0.05) is 25.1 Å². The first-order valence-corrected chi connectivity index (χ1v) is 8.27. The van der Waals surface area contributed by atoms with Gasteiger partial charge in [0.2, 0.25) is 0 Å². The molecule has 0 radical (unpaired) electrons. The Bertz CT molecular complexity index is 556. The third-order valence-corrected chi connectivity index (χ3v) is 4.72. The van der Waals surface area contributed by atoms with E-state index in [1.165, 1.54) is 12.1 Å². The van der Waals surface area contributed by atoms with E-state index < -0.39 is 24.1 Å². The van der Waals surface area contributed by atoms with E-state index in [0.717, 1.165) is 18.7 Å². The smallest absolute Gasteiger partial charge is 0.423 e. The summed E-state index contributed by atoms with van der Waals surface area (Å²) in [5.74, 6) is -0.514. The summed E-state index contributed by atoms with van der Waals surface area (Å²) in [6, 6.07) is 4.75. The van der Waals surface area contributed by atoms with Crippen molar-refractivity contribution in [3.63, 3.8) is 0 Å². The van der Waals surface area contributed by atoms with Crippen LogP contribution in [-0.4, -0.2) is 59.7 Å². The second-order valence-electron chi connectivity index (χ2n) is 7.28. The van der Waals surface area contributed by atoms with Crippen LogP contribution in [0.2, 0.25) is 0 Å². The standard InChI is InChI=1S/C17H27BFNO4/c1-16(2,21)17(3,4)24-18(22)14-6-5-13(11-15(14)19)12-20-7-9-23-10-8-20/h5-6,11,21-22H,7-10,12H2,1-4H3. The monoisotopic (exact) mass is 339 g/mol. The maximum Gasteiger partial charge on any atom is 0.494 e. The second-order valence-corrected chi connectivity index (χ2v) is 7.28. The van der Waals surface area contributed by atoms with Gasteiger partial charge in [-0.05, 0) is 39.3 Å². The minimum atomic E-state index is -1.44. The summed E-state index contributed by atoms with van der Waals surface area (Å²) in [5, 5.41) is 20.3. The fraction of sp³-hybridized carbons (Fsp3) is 0.647. The average Bonchev–Trinajstić information content (AvgIpc) is 2.46. The lowest BCUT2D eigenvalue weighted by atomic mass is 9.76. The zero-order valence-corrected chi connectivity index (χ0v) is 14.9. The lowest BCUT2D eigenvalue weighted by Gasteiger charge is -2.38. The SMILES string of the molecule is CC(C)(O)C(C)(C)OB(O)c1ccc(CN2CCOCC2)cc1F. The molecule has 0 aromatic heterocycles. The summed E-state index contributed by atoms with van der Waals surface area (Å²) in [7, 11) is -1.44. The molecule has 0 saturated carbocycles. The summed E-state index contributed by atoms with van der Waals surface area (Å²) in [6.07, 6.45) is 0. The Labute approximate surface area is 143 Å². The van der Waals surface area contributed by atoms with Crippen LogP contribution in [-0.2, 0) is 15.9 Å². The van der Waals surface area contributed by atoms with Gasteiger partial charge in [0.25, 0.3) is 0 Å². The Hall–Kier alpha value is -0.985. The predicted molar refractivity (Wildman–Crippen MR) is 91.6 cm³/mol. The number of nitrogens with zero attached hydrogens (tertiary/aromatic N) is 1. The van der Waals surface area contributed by atoms with E-state index in [4.69, 9.17) is 9.39 Å². The first-order chi connectivity index (χ1) is 11.1. The highest BCUT2D eigenvalue weighted by atomic mass is 19.1. The van der Waals surface area contributed by atoms with E-state index in [2.05, 4.69) is 4.90 Å². The van der Waals surface area contributed by atoms with Crippen LogP contribution in [0.1, 0.15) is 33.3 Å². The highest BCUT2D eigenvalue weighted by Crippen LogP contribution is 2.25. The van der Waals surface area contributed by atoms with Gasteiger partial charge < -0.3 is 19.5 Å². The van der Waals surface area contributed by atoms with E-state index in [9.17, 15) is 14.5 Å². The Morgan fingerprint density at radius 1 is 1.25 bits per heavy atom. The highest BCUT2D eigenvalue weighted by Gasteiger charge is 2.40. The number of halogens is 1. The van der Waals surface area contributed by atoms with E-state index in [-0.39, 0.29) is 5.46 Å². The third kappa shape index (κ3) is 4.77. The van der Waals surface area contributed by atoms with Crippen molar-refractivity contribution in [1.29, 1.82) is 0 Å². The minimum absolute atomic E-state index is 0.0676. The molecule has 0 amide bonds. The van der Waals surface area contributed by atoms with E-state index in [0.29, 0.717) is 19.8 Å². The Kier molecular flexibility index (Phi) is 6.04. The van der Waals surface area contributed by atoms with Gasteiger partial charge in [-0.15, -0.1) is 0 Å². The van der Waals surface area contributed by atoms with Gasteiger partial charge >= 0.3 is 7.12 Å². The fourth-order valence-corrected chi connectivity index (χ4v) is 2.37. The number of aliphatic hydroxyl groups is 1. The van der Waals surface area contributed by atoms with Gasteiger partial charge in [-0.3, -0.25) is 4.90 Å². The van der Waals surface area contributed by atoms with Gasteiger partial charge in [0.1, 0.15) is 5.82 Å². The van der Waals surface area contributed by atoms with Gasteiger partial charge in [-0.1, -0.05) is 12.1 Å². The molecule has 2 N–H and O–H groups in total. The summed E-state index contributed by atoms with van der Waals surface area (Å²) >= 11 is 0. The number of hydrogen-bond donors (Lipinski definition) is 2. The van der Waals surface area contributed by atoms with Gasteiger partial charge in [-0.2, -0.15) is 0 Å². The maximum atomic E-state index is 14.4. The zero-order valence-electron chi connectivity index (χ0n) is 14.9. The van der Waals surface area contributed by atoms with Crippen LogP contribution in [0.4, 0.5) is 4.39 Å². The Morgan fingerprint density at radius 2 is 1.88 bits per heavy atom. The van der Waals surface area contributed by atoms with Crippen LogP contribution in [0.25, 0.3) is 0 Å². The van der Waals surface area contributed by atoms with Crippen molar-refractivity contribution < 1.29 is 23.9 Å². The van der Waals surface area contributed by atoms with Crippen LogP contribution in [0.15, 0.2) is 18.2 Å². The molecule has 1 fully saturated rings. The van der Waals surface area contributed by atoms with Gasteiger partial charge in [0.05, 0.1) is 24.4 Å². The topological polar surface area (TPSA) is 62.2 Å². The van der Waals surface area contributed by atoms with E-state index in [1.54, 1.807) is 33.8 Å². The molecule has 1 aromatic rings. The molecule has 0 spiro atoms.